The number of rotatable bonds is 3. The maximum atomic E-state index is 6.25. The zero-order chi connectivity index (χ0) is 13.9. The van der Waals surface area contributed by atoms with Crippen LogP contribution in [0.25, 0.3) is 0 Å². The molecule has 3 nitrogen and oxygen atoms in total. The lowest BCUT2D eigenvalue weighted by atomic mass is 9.93. The summed E-state index contributed by atoms with van der Waals surface area (Å²) >= 11 is 0. The van der Waals surface area contributed by atoms with E-state index in [-0.39, 0.29) is 12.1 Å². The van der Waals surface area contributed by atoms with E-state index in [1.165, 1.54) is 0 Å². The predicted octanol–water partition coefficient (Wildman–Crippen LogP) is 3.61. The van der Waals surface area contributed by atoms with Gasteiger partial charge in [-0.05, 0) is 30.7 Å². The van der Waals surface area contributed by atoms with Crippen LogP contribution < -0.4 is 15.2 Å². The van der Waals surface area contributed by atoms with Gasteiger partial charge in [-0.15, -0.1) is 0 Å². The second kappa shape index (κ2) is 5.55. The van der Waals surface area contributed by atoms with E-state index in [1.807, 2.05) is 43.3 Å². The zero-order valence-electron chi connectivity index (χ0n) is 11.6. The molecule has 0 fully saturated rings. The molecule has 2 atom stereocenters. The highest BCUT2D eigenvalue weighted by atomic mass is 16.5. The molecule has 1 heterocycles. The molecular weight excluding hydrogens is 250 g/mol. The SMILES string of the molecule is CCOc1ccc(C2C[C@H](N)c3ccccc3O2)cc1. The average molecular weight is 269 g/mol. The third-order valence-corrected chi connectivity index (χ3v) is 3.62. The van der Waals surface area contributed by atoms with Crippen LogP contribution in [-0.4, -0.2) is 6.61 Å². The Balaban J connectivity index is 1.82. The van der Waals surface area contributed by atoms with E-state index < -0.39 is 0 Å². The van der Waals surface area contributed by atoms with Gasteiger partial charge in [0.1, 0.15) is 17.6 Å². The zero-order valence-corrected chi connectivity index (χ0v) is 11.6. The van der Waals surface area contributed by atoms with Crippen molar-refractivity contribution in [1.29, 1.82) is 0 Å². The maximum Gasteiger partial charge on any atom is 0.126 e. The highest BCUT2D eigenvalue weighted by Crippen LogP contribution is 2.39. The maximum absolute atomic E-state index is 6.25. The number of hydrogen-bond donors (Lipinski definition) is 1. The molecule has 1 unspecified atom stereocenters. The molecule has 0 spiro atoms. The van der Waals surface area contributed by atoms with Crippen LogP contribution in [0.1, 0.15) is 36.6 Å². The summed E-state index contributed by atoms with van der Waals surface area (Å²) in [5.74, 6) is 1.78. The van der Waals surface area contributed by atoms with Crippen molar-refractivity contribution in [3.63, 3.8) is 0 Å². The van der Waals surface area contributed by atoms with Crippen molar-refractivity contribution in [3.05, 3.63) is 59.7 Å². The van der Waals surface area contributed by atoms with Crippen LogP contribution in [0.2, 0.25) is 0 Å². The van der Waals surface area contributed by atoms with Gasteiger partial charge in [-0.3, -0.25) is 0 Å². The van der Waals surface area contributed by atoms with Gasteiger partial charge in [0, 0.05) is 18.0 Å². The fourth-order valence-electron chi connectivity index (χ4n) is 2.60. The van der Waals surface area contributed by atoms with E-state index in [2.05, 4.69) is 12.1 Å². The topological polar surface area (TPSA) is 44.5 Å². The molecule has 3 heteroatoms. The number of ether oxygens (including phenoxy) is 2. The molecule has 0 aromatic heterocycles. The minimum atomic E-state index is 0.00979. The van der Waals surface area contributed by atoms with Crippen molar-refractivity contribution in [2.24, 2.45) is 5.73 Å². The summed E-state index contributed by atoms with van der Waals surface area (Å²) in [6.45, 7) is 2.66. The van der Waals surface area contributed by atoms with Gasteiger partial charge in [0.25, 0.3) is 0 Å². The van der Waals surface area contributed by atoms with Crippen molar-refractivity contribution in [2.45, 2.75) is 25.5 Å². The van der Waals surface area contributed by atoms with Gasteiger partial charge in [0.05, 0.1) is 6.61 Å². The average Bonchev–Trinajstić information content (AvgIpc) is 2.48. The summed E-state index contributed by atoms with van der Waals surface area (Å²) in [6, 6.07) is 16.1. The van der Waals surface area contributed by atoms with Crippen LogP contribution in [0.5, 0.6) is 11.5 Å². The Kier molecular flexibility index (Phi) is 3.61. The number of para-hydroxylation sites is 1. The molecule has 3 rings (SSSR count). The number of fused-ring (bicyclic) bond motifs is 1. The Morgan fingerprint density at radius 2 is 1.90 bits per heavy atom. The van der Waals surface area contributed by atoms with Gasteiger partial charge in [0.2, 0.25) is 0 Å². The van der Waals surface area contributed by atoms with E-state index in [4.69, 9.17) is 15.2 Å². The Morgan fingerprint density at radius 3 is 2.65 bits per heavy atom. The fraction of sp³-hybridized carbons (Fsp3) is 0.294. The number of nitrogens with two attached hydrogens (primary N) is 1. The van der Waals surface area contributed by atoms with E-state index in [9.17, 15) is 0 Å². The Bertz CT molecular complexity index is 580. The normalized spacial score (nSPS) is 20.9. The van der Waals surface area contributed by atoms with Crippen molar-refractivity contribution >= 4 is 0 Å². The first-order valence-electron chi connectivity index (χ1n) is 7.02. The Morgan fingerprint density at radius 1 is 1.15 bits per heavy atom. The highest BCUT2D eigenvalue weighted by molar-refractivity contribution is 5.39. The number of benzene rings is 2. The van der Waals surface area contributed by atoms with Crippen LogP contribution in [-0.2, 0) is 0 Å². The second-order valence-corrected chi connectivity index (χ2v) is 4.99. The molecule has 1 aliphatic rings. The molecular formula is C17H19NO2. The van der Waals surface area contributed by atoms with Gasteiger partial charge < -0.3 is 15.2 Å². The molecule has 2 aromatic rings. The summed E-state index contributed by atoms with van der Waals surface area (Å²) in [4.78, 5) is 0. The molecule has 20 heavy (non-hydrogen) atoms. The van der Waals surface area contributed by atoms with Crippen LogP contribution in [0.15, 0.2) is 48.5 Å². The van der Waals surface area contributed by atoms with Gasteiger partial charge in [-0.1, -0.05) is 30.3 Å². The molecule has 2 N–H and O–H groups in total. The molecule has 2 aromatic carbocycles. The van der Waals surface area contributed by atoms with Crippen molar-refractivity contribution < 1.29 is 9.47 Å². The predicted molar refractivity (Wildman–Crippen MR) is 79.0 cm³/mol. The smallest absolute Gasteiger partial charge is 0.126 e. The minimum absolute atomic E-state index is 0.00979. The lowest BCUT2D eigenvalue weighted by Gasteiger charge is -2.30. The molecule has 0 amide bonds. The largest absolute Gasteiger partial charge is 0.494 e. The third kappa shape index (κ3) is 2.49. The van der Waals surface area contributed by atoms with Crippen LogP contribution in [0.4, 0.5) is 0 Å². The highest BCUT2D eigenvalue weighted by Gasteiger charge is 2.26. The third-order valence-electron chi connectivity index (χ3n) is 3.62. The van der Waals surface area contributed by atoms with Gasteiger partial charge in [0.15, 0.2) is 0 Å². The van der Waals surface area contributed by atoms with Crippen molar-refractivity contribution in [3.8, 4) is 11.5 Å². The summed E-state index contributed by atoms with van der Waals surface area (Å²) in [5, 5.41) is 0. The molecule has 0 bridgehead atoms. The monoisotopic (exact) mass is 269 g/mol. The van der Waals surface area contributed by atoms with Crippen molar-refractivity contribution in [1.82, 2.24) is 0 Å². The molecule has 0 aliphatic carbocycles. The first-order chi connectivity index (χ1) is 9.78. The van der Waals surface area contributed by atoms with Crippen LogP contribution in [0.3, 0.4) is 0 Å². The van der Waals surface area contributed by atoms with E-state index in [1.54, 1.807) is 0 Å². The summed E-state index contributed by atoms with van der Waals surface area (Å²) in [6.07, 6.45) is 0.806. The number of hydrogen-bond acceptors (Lipinski definition) is 3. The quantitative estimate of drug-likeness (QED) is 0.925. The lowest BCUT2D eigenvalue weighted by Crippen LogP contribution is -2.24. The fourth-order valence-corrected chi connectivity index (χ4v) is 2.60. The Hall–Kier alpha value is -2.00. The molecule has 1 aliphatic heterocycles. The second-order valence-electron chi connectivity index (χ2n) is 4.99. The van der Waals surface area contributed by atoms with Gasteiger partial charge in [-0.2, -0.15) is 0 Å². The Labute approximate surface area is 119 Å². The van der Waals surface area contributed by atoms with E-state index in [0.29, 0.717) is 6.61 Å². The summed E-state index contributed by atoms with van der Waals surface area (Å²) in [5.41, 5.74) is 8.48. The summed E-state index contributed by atoms with van der Waals surface area (Å²) in [7, 11) is 0. The van der Waals surface area contributed by atoms with Gasteiger partial charge in [-0.25, -0.2) is 0 Å². The lowest BCUT2D eigenvalue weighted by molar-refractivity contribution is 0.161. The molecule has 104 valence electrons. The summed E-state index contributed by atoms with van der Waals surface area (Å²) < 4.78 is 11.5. The van der Waals surface area contributed by atoms with Crippen LogP contribution >= 0.6 is 0 Å². The molecule has 0 radical (unpaired) electrons. The van der Waals surface area contributed by atoms with Gasteiger partial charge >= 0.3 is 0 Å². The van der Waals surface area contributed by atoms with E-state index >= 15 is 0 Å². The first kappa shape index (κ1) is 13.0. The van der Waals surface area contributed by atoms with Crippen molar-refractivity contribution in [2.75, 3.05) is 6.61 Å². The molecule has 0 saturated heterocycles. The minimum Gasteiger partial charge on any atom is -0.494 e. The first-order valence-corrected chi connectivity index (χ1v) is 7.02. The van der Waals surface area contributed by atoms with Crippen LogP contribution in [0, 0.1) is 0 Å². The van der Waals surface area contributed by atoms with E-state index in [0.717, 1.165) is 29.0 Å². The standard InChI is InChI=1S/C17H19NO2/c1-2-19-13-9-7-12(8-10-13)17-11-15(18)14-5-3-4-6-16(14)20-17/h3-10,15,17H,2,11,18H2,1H3/t15-,17?/m0/s1. The molecule has 0 saturated carbocycles.